The van der Waals surface area contributed by atoms with Crippen LogP contribution in [0.4, 0.5) is 0 Å². The number of aliphatic hydroxyl groups is 1. The highest BCUT2D eigenvalue weighted by atomic mass is 32.1. The summed E-state index contributed by atoms with van der Waals surface area (Å²) in [7, 11) is 0. The molecule has 0 radical (unpaired) electrons. The molecule has 0 saturated carbocycles. The molecule has 2 fully saturated rings. The maximum absolute atomic E-state index is 14.2. The van der Waals surface area contributed by atoms with Crippen molar-refractivity contribution in [2.75, 3.05) is 26.2 Å². The quantitative estimate of drug-likeness (QED) is 0.234. The van der Waals surface area contributed by atoms with E-state index in [1.165, 1.54) is 21.3 Å². The molecule has 0 aliphatic carbocycles. The van der Waals surface area contributed by atoms with Crippen molar-refractivity contribution in [3.8, 4) is 16.4 Å². The maximum atomic E-state index is 14.2. The molecule has 0 unspecified atom stereocenters. The van der Waals surface area contributed by atoms with Crippen LogP contribution in [0, 0.1) is 12.8 Å². The summed E-state index contributed by atoms with van der Waals surface area (Å²) in [5, 5.41) is 13.1. The van der Waals surface area contributed by atoms with Crippen molar-refractivity contribution in [2.24, 2.45) is 5.92 Å². The van der Waals surface area contributed by atoms with E-state index in [0.717, 1.165) is 42.3 Å². The Morgan fingerprint density at radius 2 is 1.76 bits per heavy atom. The fourth-order valence-electron chi connectivity index (χ4n) is 7.53. The first-order chi connectivity index (χ1) is 24.8. The topological polar surface area (TPSA) is 122 Å². The van der Waals surface area contributed by atoms with Crippen LogP contribution in [-0.4, -0.2) is 81.7 Å². The fourth-order valence-corrected chi connectivity index (χ4v) is 8.47. The molecule has 11 nitrogen and oxygen atoms in total. The molecule has 2 saturated heterocycles. The highest BCUT2D eigenvalue weighted by Crippen LogP contribution is 2.37. The van der Waals surface area contributed by atoms with E-state index in [-0.39, 0.29) is 29.8 Å². The summed E-state index contributed by atoms with van der Waals surface area (Å²) < 4.78 is 3.28. The lowest BCUT2D eigenvalue weighted by Gasteiger charge is -2.43. The third-order valence-electron chi connectivity index (χ3n) is 10.4. The van der Waals surface area contributed by atoms with Crippen molar-refractivity contribution in [3.05, 3.63) is 124 Å². The average Bonchev–Trinajstić information content (AvgIpc) is 3.82. The summed E-state index contributed by atoms with van der Waals surface area (Å²) >= 11 is 1.69. The number of fused-ring (bicyclic) bond motifs is 1. The van der Waals surface area contributed by atoms with Gasteiger partial charge in [-0.25, -0.2) is 15.0 Å². The molecule has 51 heavy (non-hydrogen) atoms. The molecule has 2 aliphatic rings. The minimum atomic E-state index is -1.12. The van der Waals surface area contributed by atoms with E-state index in [9.17, 15) is 14.7 Å². The number of rotatable bonds is 8. The van der Waals surface area contributed by atoms with Crippen LogP contribution in [0.25, 0.3) is 27.4 Å². The Kier molecular flexibility index (Phi) is 9.05. The van der Waals surface area contributed by atoms with Crippen LogP contribution in [0.1, 0.15) is 41.3 Å². The van der Waals surface area contributed by atoms with Gasteiger partial charge in [0.15, 0.2) is 5.65 Å². The van der Waals surface area contributed by atoms with Crippen molar-refractivity contribution in [1.82, 2.24) is 38.9 Å². The zero-order valence-electron chi connectivity index (χ0n) is 28.5. The van der Waals surface area contributed by atoms with Gasteiger partial charge in [0.25, 0.3) is 5.56 Å². The molecular formula is C39H40N8O3S. The lowest BCUT2D eigenvalue weighted by molar-refractivity contribution is -0.142. The molecule has 1 amide bonds. The minimum Gasteiger partial charge on any atom is -0.388 e. The number of carbonyl (C=O) groups excluding carboxylic acids is 1. The van der Waals surface area contributed by atoms with E-state index in [2.05, 4.69) is 43.0 Å². The number of pyridine rings is 2. The number of hydrogen-bond acceptors (Lipinski definition) is 9. The molecule has 260 valence electrons. The minimum absolute atomic E-state index is 0.0525. The van der Waals surface area contributed by atoms with Crippen LogP contribution in [0.3, 0.4) is 0 Å². The highest BCUT2D eigenvalue weighted by molar-refractivity contribution is 7.15. The maximum Gasteiger partial charge on any atom is 0.262 e. The number of nitrogens with zero attached hydrogens (tertiary/aromatic N) is 8. The van der Waals surface area contributed by atoms with Crippen LogP contribution in [0.5, 0.6) is 0 Å². The first-order valence-corrected chi connectivity index (χ1v) is 18.3. The van der Waals surface area contributed by atoms with Crippen LogP contribution < -0.4 is 5.56 Å². The number of benzene rings is 1. The van der Waals surface area contributed by atoms with Gasteiger partial charge >= 0.3 is 0 Å². The Bertz CT molecular complexity index is 2190. The number of piperidine rings is 2. The summed E-state index contributed by atoms with van der Waals surface area (Å²) in [6, 6.07) is 21.8. The van der Waals surface area contributed by atoms with Crippen molar-refractivity contribution in [3.63, 3.8) is 0 Å². The van der Waals surface area contributed by atoms with Gasteiger partial charge in [0.1, 0.15) is 17.2 Å². The number of amides is 1. The second kappa shape index (κ2) is 13.9. The van der Waals surface area contributed by atoms with Gasteiger partial charge in [0, 0.05) is 78.9 Å². The smallest absolute Gasteiger partial charge is 0.262 e. The number of carbonyl (C=O) groups is 1. The van der Waals surface area contributed by atoms with Gasteiger partial charge in [0.05, 0.1) is 17.5 Å². The van der Waals surface area contributed by atoms with E-state index in [1.54, 1.807) is 34.4 Å². The zero-order valence-corrected chi connectivity index (χ0v) is 29.3. The Labute approximate surface area is 299 Å². The molecule has 6 aromatic rings. The van der Waals surface area contributed by atoms with Gasteiger partial charge < -0.3 is 10.0 Å². The Morgan fingerprint density at radius 1 is 0.941 bits per heavy atom. The molecule has 1 N–H and O–H groups in total. The van der Waals surface area contributed by atoms with Crippen LogP contribution in [0.2, 0.25) is 0 Å². The first kappa shape index (κ1) is 33.1. The van der Waals surface area contributed by atoms with Gasteiger partial charge in [-0.2, -0.15) is 0 Å². The summed E-state index contributed by atoms with van der Waals surface area (Å²) in [6.07, 6.45) is 10.4. The molecular weight excluding hydrogens is 661 g/mol. The molecule has 2 atom stereocenters. The molecule has 12 heteroatoms. The molecule has 7 heterocycles. The second-order valence-electron chi connectivity index (χ2n) is 13.8. The Balaban J connectivity index is 0.929. The SMILES string of the molecule is Cc1ccc(-c2ncc(CN3CC[C@@H](C(=O)N4CCC(O)(Cn5cnc6c(ccn6-c6ccccn6)c5=O)CC4)[C@H](c4ccccc4)C3)s2)cn1. The van der Waals surface area contributed by atoms with Crippen LogP contribution in [0.15, 0.2) is 103 Å². The molecule has 5 aromatic heterocycles. The van der Waals surface area contributed by atoms with Gasteiger partial charge in [-0.1, -0.05) is 36.4 Å². The van der Waals surface area contributed by atoms with Crippen molar-refractivity contribution >= 4 is 28.3 Å². The zero-order chi connectivity index (χ0) is 35.0. The van der Waals surface area contributed by atoms with E-state index in [4.69, 9.17) is 0 Å². The van der Waals surface area contributed by atoms with Crippen LogP contribution >= 0.6 is 11.3 Å². The molecule has 0 bridgehead atoms. The highest BCUT2D eigenvalue weighted by Gasteiger charge is 2.41. The normalized spacial score (nSPS) is 19.4. The van der Waals surface area contributed by atoms with Gasteiger partial charge in [-0.3, -0.25) is 28.6 Å². The van der Waals surface area contributed by atoms with Crippen molar-refractivity contribution < 1.29 is 9.90 Å². The van der Waals surface area contributed by atoms with E-state index < -0.39 is 5.60 Å². The van der Waals surface area contributed by atoms with Gasteiger partial charge in [0.2, 0.25) is 5.91 Å². The average molecular weight is 701 g/mol. The number of aromatic nitrogens is 6. The monoisotopic (exact) mass is 700 g/mol. The van der Waals surface area contributed by atoms with E-state index in [1.807, 2.05) is 66.7 Å². The lowest BCUT2D eigenvalue weighted by atomic mass is 9.79. The predicted octanol–water partition coefficient (Wildman–Crippen LogP) is 5.07. The van der Waals surface area contributed by atoms with Crippen molar-refractivity contribution in [2.45, 2.75) is 50.8 Å². The number of likely N-dealkylation sites (tertiary alicyclic amines) is 2. The number of hydrogen-bond donors (Lipinski definition) is 1. The predicted molar refractivity (Wildman–Crippen MR) is 197 cm³/mol. The third-order valence-corrected chi connectivity index (χ3v) is 11.4. The summed E-state index contributed by atoms with van der Waals surface area (Å²) in [5.74, 6) is 0.728. The molecule has 2 aliphatic heterocycles. The Morgan fingerprint density at radius 3 is 2.53 bits per heavy atom. The van der Waals surface area contributed by atoms with E-state index >= 15 is 0 Å². The van der Waals surface area contributed by atoms with Gasteiger partial charge in [-0.05, 0) is 68.6 Å². The summed E-state index contributed by atoms with van der Waals surface area (Å²) in [6.45, 7) is 5.36. The van der Waals surface area contributed by atoms with E-state index in [0.29, 0.717) is 42.8 Å². The standard InChI is InChI=1S/C39H40N8O3S/c1-27-10-11-29(21-41-27)36-42-22-30(51-36)23-44-17-12-31(33(24-44)28-7-3-2-4-8-28)37(48)45-19-14-39(50,15-20-45)25-46-26-43-35-32(38(46)49)13-18-47(35)34-9-5-6-16-40-34/h2-11,13,16,18,21-22,26,31,33,50H,12,14-15,17,19-20,23-25H2,1H3/t31-,33+/m1/s1. The fraction of sp³-hybridized carbons (Fsp3) is 0.333. The molecule has 8 rings (SSSR count). The number of thiazole rings is 1. The third kappa shape index (κ3) is 6.86. The van der Waals surface area contributed by atoms with Crippen LogP contribution in [-0.2, 0) is 17.9 Å². The first-order valence-electron chi connectivity index (χ1n) is 17.5. The lowest BCUT2D eigenvalue weighted by Crippen LogP contribution is -2.53. The molecule has 0 spiro atoms. The number of aryl methyl sites for hydroxylation is 1. The summed E-state index contributed by atoms with van der Waals surface area (Å²) in [4.78, 5) is 51.3. The van der Waals surface area contributed by atoms with Gasteiger partial charge in [-0.15, -0.1) is 11.3 Å². The Hall–Kier alpha value is -5.04. The second-order valence-corrected chi connectivity index (χ2v) is 14.9. The summed E-state index contributed by atoms with van der Waals surface area (Å²) in [5.41, 5.74) is 2.38. The van der Waals surface area contributed by atoms with Crippen molar-refractivity contribution in [1.29, 1.82) is 0 Å². The largest absolute Gasteiger partial charge is 0.388 e. The molecule has 1 aromatic carbocycles.